The molecule has 8 heteroatoms. The smallest absolute Gasteiger partial charge is 0.333 e. The van der Waals surface area contributed by atoms with Crippen molar-refractivity contribution < 1.29 is 4.79 Å². The number of H-pyrrole nitrogens is 1. The highest BCUT2D eigenvalue weighted by Crippen LogP contribution is 2.20. The van der Waals surface area contributed by atoms with Gasteiger partial charge in [-0.2, -0.15) is 0 Å². The molecule has 0 unspecified atom stereocenters. The van der Waals surface area contributed by atoms with Gasteiger partial charge in [0.1, 0.15) is 5.52 Å². The number of anilines is 1. The van der Waals surface area contributed by atoms with Gasteiger partial charge < -0.3 is 14.9 Å². The molecule has 1 amide bonds. The van der Waals surface area contributed by atoms with E-state index in [1.165, 1.54) is 10.8 Å². The molecule has 0 aliphatic heterocycles. The van der Waals surface area contributed by atoms with Crippen molar-refractivity contribution >= 4 is 34.2 Å². The lowest BCUT2D eigenvalue weighted by Crippen LogP contribution is -2.34. The fraction of sp³-hybridized carbons (Fsp3) is 0.136. The van der Waals surface area contributed by atoms with Crippen molar-refractivity contribution in [1.82, 2.24) is 14.1 Å². The lowest BCUT2D eigenvalue weighted by atomic mass is 10.1. The van der Waals surface area contributed by atoms with Crippen LogP contribution in [0.4, 0.5) is 5.69 Å². The van der Waals surface area contributed by atoms with Crippen LogP contribution in [-0.2, 0) is 7.05 Å². The maximum absolute atomic E-state index is 13.1. The molecule has 30 heavy (non-hydrogen) atoms. The van der Waals surface area contributed by atoms with Crippen LogP contribution in [0.3, 0.4) is 0 Å². The molecule has 2 heterocycles. The van der Waals surface area contributed by atoms with Gasteiger partial charge in [-0.1, -0.05) is 23.7 Å². The van der Waals surface area contributed by atoms with E-state index in [4.69, 9.17) is 11.6 Å². The second-order valence-electron chi connectivity index (χ2n) is 7.20. The summed E-state index contributed by atoms with van der Waals surface area (Å²) in [6.45, 7) is 3.83. The first-order valence-electron chi connectivity index (χ1n) is 9.25. The Kier molecular flexibility index (Phi) is 4.83. The second-order valence-corrected chi connectivity index (χ2v) is 7.63. The summed E-state index contributed by atoms with van der Waals surface area (Å²) in [6, 6.07) is 12.1. The van der Waals surface area contributed by atoms with Gasteiger partial charge in [-0.15, -0.1) is 0 Å². The summed E-state index contributed by atoms with van der Waals surface area (Å²) < 4.78 is 2.56. The van der Waals surface area contributed by atoms with E-state index in [0.29, 0.717) is 16.4 Å². The minimum absolute atomic E-state index is 0.195. The van der Waals surface area contributed by atoms with Crippen molar-refractivity contribution in [3.05, 3.63) is 91.2 Å². The summed E-state index contributed by atoms with van der Waals surface area (Å²) in [4.78, 5) is 41.5. The number of amides is 1. The van der Waals surface area contributed by atoms with Gasteiger partial charge in [-0.3, -0.25) is 9.59 Å². The number of halogens is 1. The zero-order valence-corrected chi connectivity index (χ0v) is 17.4. The van der Waals surface area contributed by atoms with E-state index >= 15 is 0 Å². The highest BCUT2D eigenvalue weighted by molar-refractivity contribution is 6.30. The predicted octanol–water partition coefficient (Wildman–Crippen LogP) is 3.54. The van der Waals surface area contributed by atoms with Gasteiger partial charge in [0.15, 0.2) is 0 Å². The Morgan fingerprint density at radius 3 is 2.47 bits per heavy atom. The Hall–Kier alpha value is -3.58. The first-order chi connectivity index (χ1) is 14.3. The molecule has 0 aliphatic rings. The molecule has 0 bridgehead atoms. The Morgan fingerprint density at radius 2 is 1.77 bits per heavy atom. The van der Waals surface area contributed by atoms with E-state index < -0.39 is 17.2 Å². The first-order valence-corrected chi connectivity index (χ1v) is 9.63. The van der Waals surface area contributed by atoms with Crippen LogP contribution in [0.15, 0.2) is 58.3 Å². The van der Waals surface area contributed by atoms with E-state index in [9.17, 15) is 14.4 Å². The molecule has 0 atom stereocenters. The van der Waals surface area contributed by atoms with Crippen molar-refractivity contribution in [3.63, 3.8) is 0 Å². The van der Waals surface area contributed by atoms with Crippen LogP contribution < -0.4 is 16.6 Å². The number of nitrogens with one attached hydrogen (secondary N) is 2. The normalized spacial score (nSPS) is 11.1. The van der Waals surface area contributed by atoms with Gasteiger partial charge in [-0.25, -0.2) is 9.36 Å². The zero-order valence-electron chi connectivity index (χ0n) is 16.6. The maximum Gasteiger partial charge on any atom is 0.333 e. The van der Waals surface area contributed by atoms with Crippen molar-refractivity contribution in [1.29, 1.82) is 0 Å². The summed E-state index contributed by atoms with van der Waals surface area (Å²) in [7, 11) is 1.66. The second kappa shape index (κ2) is 7.35. The highest BCUT2D eigenvalue weighted by atomic mass is 35.5. The third-order valence-corrected chi connectivity index (χ3v) is 5.24. The fourth-order valence-corrected chi connectivity index (χ4v) is 3.55. The number of carbonyl (C=O) groups excluding carboxylic acids is 1. The molecule has 7 nitrogen and oxygen atoms in total. The number of aromatic nitrogens is 3. The Labute approximate surface area is 176 Å². The van der Waals surface area contributed by atoms with Crippen LogP contribution in [0.1, 0.15) is 21.5 Å². The standard InChI is InChI=1S/C22H19ClN4O3/c1-12-4-5-13(2)17(10-12)24-20(28)16-11-26(3)19-18(16)25-22(30)27(21(19)29)15-8-6-14(23)7-9-15/h4-11H,1-3H3,(H,24,28)(H,25,30). The highest BCUT2D eigenvalue weighted by Gasteiger charge is 2.20. The van der Waals surface area contributed by atoms with Crippen LogP contribution in [0.2, 0.25) is 5.02 Å². The van der Waals surface area contributed by atoms with Crippen molar-refractivity contribution in [2.24, 2.45) is 7.05 Å². The summed E-state index contributed by atoms with van der Waals surface area (Å²) in [5.74, 6) is -0.409. The molecule has 0 saturated heterocycles. The van der Waals surface area contributed by atoms with Crippen LogP contribution in [-0.4, -0.2) is 20.0 Å². The average Bonchev–Trinajstić information content (AvgIpc) is 3.02. The van der Waals surface area contributed by atoms with Crippen molar-refractivity contribution in [2.45, 2.75) is 13.8 Å². The molecule has 152 valence electrons. The van der Waals surface area contributed by atoms with Crippen LogP contribution in [0.25, 0.3) is 16.7 Å². The van der Waals surface area contributed by atoms with Gasteiger partial charge in [0.05, 0.1) is 16.8 Å². The molecule has 4 rings (SSSR count). The summed E-state index contributed by atoms with van der Waals surface area (Å²) in [5, 5.41) is 3.36. The molecule has 2 N–H and O–H groups in total. The molecule has 0 radical (unpaired) electrons. The van der Waals surface area contributed by atoms with E-state index in [-0.39, 0.29) is 16.6 Å². The quantitative estimate of drug-likeness (QED) is 0.529. The van der Waals surface area contributed by atoms with E-state index in [1.807, 2.05) is 32.0 Å². The molecule has 4 aromatic rings. The van der Waals surface area contributed by atoms with Crippen LogP contribution in [0.5, 0.6) is 0 Å². The monoisotopic (exact) mass is 422 g/mol. The summed E-state index contributed by atoms with van der Waals surface area (Å²) >= 11 is 5.90. The molecule has 2 aromatic heterocycles. The fourth-order valence-electron chi connectivity index (χ4n) is 3.43. The van der Waals surface area contributed by atoms with E-state index in [0.717, 1.165) is 15.7 Å². The summed E-state index contributed by atoms with van der Waals surface area (Å²) in [5.41, 5.74) is 2.44. The number of carbonyl (C=O) groups is 1. The topological polar surface area (TPSA) is 88.9 Å². The molecule has 2 aromatic carbocycles. The van der Waals surface area contributed by atoms with Crippen molar-refractivity contribution in [3.8, 4) is 5.69 Å². The molecule has 0 spiro atoms. The molecular formula is C22H19ClN4O3. The minimum Gasteiger partial charge on any atom is -0.344 e. The minimum atomic E-state index is -0.637. The maximum atomic E-state index is 13.1. The predicted molar refractivity (Wildman–Crippen MR) is 118 cm³/mol. The Bertz CT molecular complexity index is 1410. The number of fused-ring (bicyclic) bond motifs is 1. The van der Waals surface area contributed by atoms with Crippen LogP contribution >= 0.6 is 11.6 Å². The van der Waals surface area contributed by atoms with Gasteiger partial charge in [0.25, 0.3) is 11.5 Å². The SMILES string of the molecule is Cc1ccc(C)c(NC(=O)c2cn(C)c3c(=O)n(-c4ccc(Cl)cc4)c(=O)[nH]c23)c1. The number of nitrogens with zero attached hydrogens (tertiary/aromatic N) is 2. The molecule has 0 saturated carbocycles. The lowest BCUT2D eigenvalue weighted by molar-refractivity contribution is 0.102. The number of hydrogen-bond acceptors (Lipinski definition) is 3. The third kappa shape index (κ3) is 3.33. The van der Waals surface area contributed by atoms with Gasteiger partial charge in [-0.05, 0) is 55.3 Å². The molecule has 0 aliphatic carbocycles. The Balaban J connectivity index is 1.85. The largest absolute Gasteiger partial charge is 0.344 e. The van der Waals surface area contributed by atoms with Crippen molar-refractivity contribution in [2.75, 3.05) is 5.32 Å². The van der Waals surface area contributed by atoms with Crippen LogP contribution in [0, 0.1) is 13.8 Å². The summed E-state index contributed by atoms with van der Waals surface area (Å²) in [6.07, 6.45) is 1.54. The molecule has 0 fully saturated rings. The van der Waals surface area contributed by atoms with Gasteiger partial charge in [0.2, 0.25) is 0 Å². The van der Waals surface area contributed by atoms with Gasteiger partial charge in [0, 0.05) is 24.0 Å². The van der Waals surface area contributed by atoms with E-state index in [2.05, 4.69) is 10.3 Å². The van der Waals surface area contributed by atoms with E-state index in [1.54, 1.807) is 31.3 Å². The average molecular weight is 423 g/mol. The molecular weight excluding hydrogens is 404 g/mol. The first kappa shape index (κ1) is 19.7. The third-order valence-electron chi connectivity index (χ3n) is 4.99. The number of hydrogen-bond donors (Lipinski definition) is 2. The lowest BCUT2D eigenvalue weighted by Gasteiger charge is -2.09. The Morgan fingerprint density at radius 1 is 1.07 bits per heavy atom. The number of rotatable bonds is 3. The number of aromatic amines is 1. The van der Waals surface area contributed by atoms with Gasteiger partial charge >= 0.3 is 5.69 Å². The zero-order chi connectivity index (χ0) is 21.6. The number of benzene rings is 2. The number of aryl methyl sites for hydroxylation is 3.